The van der Waals surface area contributed by atoms with Crippen LogP contribution in [0.4, 0.5) is 20.3 Å². The highest BCUT2D eigenvalue weighted by atomic mass is 32.1. The van der Waals surface area contributed by atoms with Gasteiger partial charge in [0.25, 0.3) is 0 Å². The molecule has 0 aliphatic heterocycles. The lowest BCUT2D eigenvalue weighted by molar-refractivity contribution is 0.590. The number of benzene rings is 2. The minimum Gasteiger partial charge on any atom is -0.335 e. The van der Waals surface area contributed by atoms with Crippen molar-refractivity contribution in [3.05, 3.63) is 71.4 Å². The second-order valence-corrected chi connectivity index (χ2v) is 7.41. The molecule has 27 heavy (non-hydrogen) atoms. The third kappa shape index (κ3) is 3.28. The summed E-state index contributed by atoms with van der Waals surface area (Å²) in [5.74, 6) is -0.504. The summed E-state index contributed by atoms with van der Waals surface area (Å²) in [5.41, 5.74) is 2.98. The number of rotatable bonds is 4. The number of anilines is 2. The first-order chi connectivity index (χ1) is 13.0. The summed E-state index contributed by atoms with van der Waals surface area (Å²) < 4.78 is 28.1. The second-order valence-electron chi connectivity index (χ2n) is 6.55. The van der Waals surface area contributed by atoms with E-state index in [1.54, 1.807) is 0 Å². The molecule has 1 N–H and O–H groups in total. The predicted octanol–water partition coefficient (Wildman–Crippen LogP) is 6.50. The van der Waals surface area contributed by atoms with Crippen LogP contribution in [0, 0.1) is 11.6 Å². The number of nitrogens with one attached hydrogen (secondary N) is 1. The summed E-state index contributed by atoms with van der Waals surface area (Å²) in [4.78, 5) is 9.30. The van der Waals surface area contributed by atoms with Crippen LogP contribution in [-0.2, 0) is 0 Å². The molecule has 4 rings (SSSR count). The van der Waals surface area contributed by atoms with E-state index in [1.807, 2.05) is 5.38 Å². The van der Waals surface area contributed by atoms with Crippen LogP contribution >= 0.6 is 11.3 Å². The van der Waals surface area contributed by atoms with Crippen molar-refractivity contribution in [1.82, 2.24) is 9.97 Å². The zero-order valence-corrected chi connectivity index (χ0v) is 15.6. The molecule has 6 heteroatoms. The van der Waals surface area contributed by atoms with E-state index in [9.17, 15) is 8.78 Å². The van der Waals surface area contributed by atoms with Gasteiger partial charge in [-0.25, -0.2) is 18.7 Å². The van der Waals surface area contributed by atoms with Crippen molar-refractivity contribution < 1.29 is 8.78 Å². The zero-order valence-electron chi connectivity index (χ0n) is 14.8. The molecule has 2 aromatic carbocycles. The summed E-state index contributed by atoms with van der Waals surface area (Å²) in [6, 6.07) is 12.0. The van der Waals surface area contributed by atoms with Gasteiger partial charge < -0.3 is 5.32 Å². The Morgan fingerprint density at radius 1 is 0.963 bits per heavy atom. The van der Waals surface area contributed by atoms with Gasteiger partial charge in [0.2, 0.25) is 0 Å². The normalized spacial score (nSPS) is 11.3. The average Bonchev–Trinajstić information content (AvgIpc) is 3.10. The van der Waals surface area contributed by atoms with Gasteiger partial charge in [-0.2, -0.15) is 0 Å². The summed E-state index contributed by atoms with van der Waals surface area (Å²) in [7, 11) is 0. The van der Waals surface area contributed by atoms with Crippen molar-refractivity contribution in [2.45, 2.75) is 19.8 Å². The Morgan fingerprint density at radius 3 is 2.33 bits per heavy atom. The maximum atomic E-state index is 14.1. The van der Waals surface area contributed by atoms with Crippen molar-refractivity contribution >= 4 is 33.1 Å². The van der Waals surface area contributed by atoms with Crippen molar-refractivity contribution in [3.8, 4) is 11.1 Å². The lowest BCUT2D eigenvalue weighted by atomic mass is 9.99. The predicted molar refractivity (Wildman–Crippen MR) is 107 cm³/mol. The molecule has 2 heterocycles. The summed E-state index contributed by atoms with van der Waals surface area (Å²) >= 11 is 1.47. The fraction of sp³-hybridized carbons (Fsp3) is 0.143. The van der Waals surface area contributed by atoms with E-state index in [2.05, 4.69) is 53.4 Å². The van der Waals surface area contributed by atoms with Crippen LogP contribution in [0.3, 0.4) is 0 Å². The van der Waals surface area contributed by atoms with E-state index in [1.165, 1.54) is 41.4 Å². The molecule has 0 radical (unpaired) electrons. The number of hydrogen-bond acceptors (Lipinski definition) is 4. The number of nitrogens with zero attached hydrogens (tertiary/aromatic N) is 2. The Morgan fingerprint density at radius 2 is 1.67 bits per heavy atom. The first-order valence-electron chi connectivity index (χ1n) is 8.58. The minimum absolute atomic E-state index is 0.218. The van der Waals surface area contributed by atoms with E-state index in [0.29, 0.717) is 11.7 Å². The maximum absolute atomic E-state index is 14.1. The Labute approximate surface area is 159 Å². The third-order valence-corrected chi connectivity index (χ3v) is 5.35. The highest BCUT2D eigenvalue weighted by molar-refractivity contribution is 7.17. The molecule has 0 bridgehead atoms. The largest absolute Gasteiger partial charge is 0.335 e. The van der Waals surface area contributed by atoms with E-state index in [-0.39, 0.29) is 5.69 Å². The number of aromatic nitrogens is 2. The number of halogens is 2. The monoisotopic (exact) mass is 381 g/mol. The van der Waals surface area contributed by atoms with E-state index < -0.39 is 11.6 Å². The fourth-order valence-electron chi connectivity index (χ4n) is 2.97. The number of hydrogen-bond donors (Lipinski definition) is 1. The van der Waals surface area contributed by atoms with Crippen molar-refractivity contribution in [2.75, 3.05) is 5.32 Å². The van der Waals surface area contributed by atoms with Crippen LogP contribution < -0.4 is 5.32 Å². The molecule has 0 spiro atoms. The second kappa shape index (κ2) is 7.04. The van der Waals surface area contributed by atoms with Crippen molar-refractivity contribution in [1.29, 1.82) is 0 Å². The van der Waals surface area contributed by atoms with Crippen molar-refractivity contribution in [3.63, 3.8) is 0 Å². The lowest BCUT2D eigenvalue weighted by Gasteiger charge is -2.11. The van der Waals surface area contributed by atoms with Gasteiger partial charge in [-0.1, -0.05) is 44.2 Å². The Bertz CT molecular complexity index is 1080. The molecule has 0 unspecified atom stereocenters. The van der Waals surface area contributed by atoms with Crippen LogP contribution in [-0.4, -0.2) is 9.97 Å². The molecule has 0 fully saturated rings. The van der Waals surface area contributed by atoms with Gasteiger partial charge in [-0.05, 0) is 29.2 Å². The molecular weight excluding hydrogens is 364 g/mol. The summed E-state index contributed by atoms with van der Waals surface area (Å²) in [5, 5.41) is 5.56. The van der Waals surface area contributed by atoms with Gasteiger partial charge in [0.1, 0.15) is 34.3 Å². The maximum Gasteiger partial charge on any atom is 0.149 e. The van der Waals surface area contributed by atoms with Gasteiger partial charge in [0.05, 0.1) is 5.39 Å². The molecular formula is C21H17F2N3S. The van der Waals surface area contributed by atoms with Crippen LogP contribution in [0.5, 0.6) is 0 Å². The first kappa shape index (κ1) is 17.5. The van der Waals surface area contributed by atoms with Gasteiger partial charge in [-0.3, -0.25) is 0 Å². The molecule has 0 amide bonds. The Kier molecular flexibility index (Phi) is 4.58. The van der Waals surface area contributed by atoms with Gasteiger partial charge in [0.15, 0.2) is 0 Å². The van der Waals surface area contributed by atoms with E-state index in [0.717, 1.165) is 21.3 Å². The highest BCUT2D eigenvalue weighted by Gasteiger charge is 2.16. The molecule has 0 aliphatic carbocycles. The lowest BCUT2D eigenvalue weighted by Crippen LogP contribution is -2.00. The number of para-hydroxylation sites is 1. The van der Waals surface area contributed by atoms with Crippen LogP contribution in [0.15, 0.2) is 54.2 Å². The highest BCUT2D eigenvalue weighted by Crippen LogP contribution is 2.38. The fourth-order valence-corrected chi connectivity index (χ4v) is 3.88. The SMILES string of the molecule is CC(C)c1ccc(-c2csc3ncnc(Nc4c(F)cccc4F)c23)cc1. The minimum atomic E-state index is -0.667. The zero-order chi connectivity index (χ0) is 19.0. The smallest absolute Gasteiger partial charge is 0.149 e. The molecule has 0 aliphatic rings. The number of thiophene rings is 1. The molecule has 0 saturated carbocycles. The van der Waals surface area contributed by atoms with Gasteiger partial charge >= 0.3 is 0 Å². The topological polar surface area (TPSA) is 37.8 Å². The Balaban J connectivity index is 1.82. The van der Waals surface area contributed by atoms with E-state index in [4.69, 9.17) is 0 Å². The standard InChI is InChI=1S/C21H17F2N3S/c1-12(2)13-6-8-14(9-7-13)15-10-27-21-18(15)20(24-11-25-21)26-19-16(22)4-3-5-17(19)23/h3-12H,1-2H3,(H,24,25,26). The number of fused-ring (bicyclic) bond motifs is 1. The van der Waals surface area contributed by atoms with Crippen LogP contribution in [0.1, 0.15) is 25.3 Å². The molecule has 0 atom stereocenters. The average molecular weight is 381 g/mol. The van der Waals surface area contributed by atoms with Gasteiger partial charge in [-0.15, -0.1) is 11.3 Å². The molecule has 4 aromatic rings. The summed E-state index contributed by atoms with van der Waals surface area (Å²) in [6.07, 6.45) is 1.39. The quantitative estimate of drug-likeness (QED) is 0.438. The molecule has 0 saturated heterocycles. The van der Waals surface area contributed by atoms with E-state index >= 15 is 0 Å². The van der Waals surface area contributed by atoms with Gasteiger partial charge in [0, 0.05) is 10.9 Å². The third-order valence-electron chi connectivity index (χ3n) is 4.46. The molecule has 136 valence electrons. The molecule has 3 nitrogen and oxygen atoms in total. The molecule has 2 aromatic heterocycles. The van der Waals surface area contributed by atoms with Crippen molar-refractivity contribution in [2.24, 2.45) is 0 Å². The Hall–Kier alpha value is -2.86. The summed E-state index contributed by atoms with van der Waals surface area (Å²) in [6.45, 7) is 4.29. The first-order valence-corrected chi connectivity index (χ1v) is 9.46. The van der Waals surface area contributed by atoms with Crippen LogP contribution in [0.2, 0.25) is 0 Å². The van der Waals surface area contributed by atoms with Crippen LogP contribution in [0.25, 0.3) is 21.3 Å².